The van der Waals surface area contributed by atoms with E-state index >= 15 is 0 Å². The molecular weight excluding hydrogens is 412 g/mol. The zero-order chi connectivity index (χ0) is 23.2. The number of ketones is 1. The second kappa shape index (κ2) is 10.9. The molecule has 0 atom stereocenters. The minimum atomic E-state index is 0.164. The third kappa shape index (κ3) is 5.61. The van der Waals surface area contributed by atoms with Crippen molar-refractivity contribution in [3.05, 3.63) is 53.2 Å². The lowest BCUT2D eigenvalue weighted by Gasteiger charge is -2.38. The Bertz CT molecular complexity index is 943. The molecule has 2 fully saturated rings. The van der Waals surface area contributed by atoms with E-state index in [0.717, 1.165) is 75.8 Å². The van der Waals surface area contributed by atoms with Gasteiger partial charge in [0.05, 0.1) is 0 Å². The quantitative estimate of drug-likeness (QED) is 0.448. The SMILES string of the molecule is CCc1c(C(C)=O)cccc1N1CCC(CCN2CCN(c3ccc(C=O)cn3)CC2)CC1. The number of hydrogen-bond donors (Lipinski definition) is 0. The summed E-state index contributed by atoms with van der Waals surface area (Å²) in [6.45, 7) is 11.2. The largest absolute Gasteiger partial charge is 0.371 e. The number of anilines is 2. The van der Waals surface area contributed by atoms with Crippen LogP contribution in [0.2, 0.25) is 0 Å². The van der Waals surface area contributed by atoms with Gasteiger partial charge in [-0.1, -0.05) is 19.1 Å². The smallest absolute Gasteiger partial charge is 0.160 e. The summed E-state index contributed by atoms with van der Waals surface area (Å²) >= 11 is 0. The molecular formula is C27H36N4O2. The number of pyridine rings is 1. The van der Waals surface area contributed by atoms with Crippen molar-refractivity contribution in [2.24, 2.45) is 5.92 Å². The number of piperidine rings is 1. The molecule has 6 heteroatoms. The van der Waals surface area contributed by atoms with Crippen molar-refractivity contribution in [1.29, 1.82) is 0 Å². The number of piperazine rings is 1. The fourth-order valence-corrected chi connectivity index (χ4v) is 5.25. The minimum Gasteiger partial charge on any atom is -0.371 e. The average Bonchev–Trinajstić information content (AvgIpc) is 2.87. The number of benzene rings is 1. The Morgan fingerprint density at radius 1 is 1.03 bits per heavy atom. The van der Waals surface area contributed by atoms with Gasteiger partial charge in [0.2, 0.25) is 0 Å². The molecule has 1 aromatic heterocycles. The summed E-state index contributed by atoms with van der Waals surface area (Å²) in [4.78, 5) is 34.7. The molecule has 0 N–H and O–H groups in total. The van der Waals surface area contributed by atoms with Crippen LogP contribution in [0.25, 0.3) is 0 Å². The van der Waals surface area contributed by atoms with E-state index < -0.39 is 0 Å². The van der Waals surface area contributed by atoms with E-state index in [2.05, 4.69) is 32.7 Å². The predicted molar refractivity (Wildman–Crippen MR) is 134 cm³/mol. The van der Waals surface area contributed by atoms with Crippen molar-refractivity contribution in [3.63, 3.8) is 0 Å². The van der Waals surface area contributed by atoms with Crippen LogP contribution in [0, 0.1) is 5.92 Å². The Morgan fingerprint density at radius 3 is 2.39 bits per heavy atom. The van der Waals surface area contributed by atoms with E-state index in [9.17, 15) is 9.59 Å². The molecule has 2 aromatic rings. The van der Waals surface area contributed by atoms with Crippen LogP contribution >= 0.6 is 0 Å². The van der Waals surface area contributed by atoms with Crippen LogP contribution in [0.15, 0.2) is 36.5 Å². The summed E-state index contributed by atoms with van der Waals surface area (Å²) in [5, 5.41) is 0. The van der Waals surface area contributed by atoms with Gasteiger partial charge in [-0.3, -0.25) is 14.5 Å². The summed E-state index contributed by atoms with van der Waals surface area (Å²) in [6, 6.07) is 9.97. The first-order valence-corrected chi connectivity index (χ1v) is 12.3. The van der Waals surface area contributed by atoms with Gasteiger partial charge in [0, 0.05) is 62.3 Å². The molecule has 0 unspecified atom stereocenters. The Labute approximate surface area is 197 Å². The second-order valence-corrected chi connectivity index (χ2v) is 9.33. The highest BCUT2D eigenvalue weighted by atomic mass is 16.1. The maximum Gasteiger partial charge on any atom is 0.160 e. The minimum absolute atomic E-state index is 0.164. The number of carbonyl (C=O) groups excluding carboxylic acids is 2. The van der Waals surface area contributed by atoms with Crippen molar-refractivity contribution in [2.75, 3.05) is 55.6 Å². The molecule has 2 saturated heterocycles. The number of rotatable bonds is 8. The first-order valence-electron chi connectivity index (χ1n) is 12.3. The molecule has 0 spiro atoms. The van der Waals surface area contributed by atoms with Crippen molar-refractivity contribution in [2.45, 2.75) is 39.5 Å². The van der Waals surface area contributed by atoms with Crippen LogP contribution in [0.5, 0.6) is 0 Å². The van der Waals surface area contributed by atoms with Crippen LogP contribution in [-0.2, 0) is 6.42 Å². The molecule has 2 aliphatic rings. The second-order valence-electron chi connectivity index (χ2n) is 9.33. The lowest BCUT2D eigenvalue weighted by Crippen LogP contribution is -2.47. The molecule has 33 heavy (non-hydrogen) atoms. The third-order valence-corrected chi connectivity index (χ3v) is 7.30. The third-order valence-electron chi connectivity index (χ3n) is 7.30. The van der Waals surface area contributed by atoms with E-state index in [0.29, 0.717) is 5.56 Å². The first-order chi connectivity index (χ1) is 16.1. The van der Waals surface area contributed by atoms with Gasteiger partial charge in [-0.15, -0.1) is 0 Å². The number of aromatic nitrogens is 1. The monoisotopic (exact) mass is 448 g/mol. The van der Waals surface area contributed by atoms with Gasteiger partial charge in [0.15, 0.2) is 12.1 Å². The van der Waals surface area contributed by atoms with E-state index in [-0.39, 0.29) is 5.78 Å². The maximum absolute atomic E-state index is 12.0. The number of hydrogen-bond acceptors (Lipinski definition) is 6. The van der Waals surface area contributed by atoms with E-state index in [4.69, 9.17) is 0 Å². The lowest BCUT2D eigenvalue weighted by atomic mass is 9.91. The molecule has 0 amide bonds. The molecule has 0 radical (unpaired) electrons. The summed E-state index contributed by atoms with van der Waals surface area (Å²) in [5.74, 6) is 1.91. The van der Waals surface area contributed by atoms with Gasteiger partial charge in [-0.05, 0) is 68.8 Å². The number of Topliss-reactive ketones (excluding diaryl/α,β-unsaturated/α-hetero) is 1. The van der Waals surface area contributed by atoms with Gasteiger partial charge < -0.3 is 9.80 Å². The van der Waals surface area contributed by atoms with Gasteiger partial charge in [0.1, 0.15) is 5.82 Å². The Hall–Kier alpha value is -2.73. The Balaban J connectivity index is 1.22. The standard InChI is InChI=1S/C27H36N4O2/c1-3-24-25(21(2)33)5-4-6-26(24)30-13-10-22(11-14-30)9-12-29-15-17-31(18-16-29)27-8-7-23(20-32)19-28-27/h4-8,19-20,22H,3,9-18H2,1-2H3. The average molecular weight is 449 g/mol. The molecule has 0 aliphatic carbocycles. The molecule has 176 valence electrons. The van der Waals surface area contributed by atoms with E-state index in [1.165, 1.54) is 30.5 Å². The van der Waals surface area contributed by atoms with Crippen molar-refractivity contribution in [1.82, 2.24) is 9.88 Å². The molecule has 1 aromatic carbocycles. The lowest BCUT2D eigenvalue weighted by molar-refractivity contribution is 0.101. The van der Waals surface area contributed by atoms with Crippen molar-refractivity contribution < 1.29 is 9.59 Å². The highest BCUT2D eigenvalue weighted by Gasteiger charge is 2.24. The molecule has 4 rings (SSSR count). The summed E-state index contributed by atoms with van der Waals surface area (Å²) in [6.07, 6.45) is 7.09. The van der Waals surface area contributed by atoms with Gasteiger partial charge in [-0.25, -0.2) is 4.98 Å². The van der Waals surface area contributed by atoms with Gasteiger partial charge in [0.25, 0.3) is 0 Å². The van der Waals surface area contributed by atoms with E-state index in [1.807, 2.05) is 24.3 Å². The normalized spacial score (nSPS) is 17.9. The summed E-state index contributed by atoms with van der Waals surface area (Å²) < 4.78 is 0. The van der Waals surface area contributed by atoms with E-state index in [1.54, 1.807) is 13.1 Å². The van der Waals surface area contributed by atoms with Crippen LogP contribution in [0.1, 0.15) is 59.4 Å². The van der Waals surface area contributed by atoms with Crippen molar-refractivity contribution >= 4 is 23.6 Å². The maximum atomic E-state index is 12.0. The summed E-state index contributed by atoms with van der Waals surface area (Å²) in [5.41, 5.74) is 3.97. The van der Waals surface area contributed by atoms with Crippen LogP contribution in [0.3, 0.4) is 0 Å². The van der Waals surface area contributed by atoms with Gasteiger partial charge in [-0.2, -0.15) is 0 Å². The number of carbonyl (C=O) groups is 2. The highest BCUT2D eigenvalue weighted by molar-refractivity contribution is 5.97. The predicted octanol–water partition coefficient (Wildman–Crippen LogP) is 4.09. The first kappa shape index (κ1) is 23.4. The molecule has 0 bridgehead atoms. The molecule has 2 aliphatic heterocycles. The molecule has 6 nitrogen and oxygen atoms in total. The molecule has 0 saturated carbocycles. The van der Waals surface area contributed by atoms with Gasteiger partial charge >= 0.3 is 0 Å². The Morgan fingerprint density at radius 2 is 1.79 bits per heavy atom. The topological polar surface area (TPSA) is 56.8 Å². The zero-order valence-electron chi connectivity index (χ0n) is 20.0. The van der Waals surface area contributed by atoms with Crippen LogP contribution in [-0.4, -0.2) is 67.8 Å². The number of nitrogens with zero attached hydrogens (tertiary/aromatic N) is 4. The zero-order valence-corrected chi connectivity index (χ0v) is 20.0. The highest BCUT2D eigenvalue weighted by Crippen LogP contribution is 2.30. The molecule has 3 heterocycles. The Kier molecular flexibility index (Phi) is 7.76. The van der Waals surface area contributed by atoms with Crippen molar-refractivity contribution in [3.8, 4) is 0 Å². The number of aldehydes is 1. The van der Waals surface area contributed by atoms with Crippen LogP contribution in [0.4, 0.5) is 11.5 Å². The van der Waals surface area contributed by atoms with Crippen LogP contribution < -0.4 is 9.80 Å². The fraction of sp³-hybridized carbons (Fsp3) is 0.519. The summed E-state index contributed by atoms with van der Waals surface area (Å²) in [7, 11) is 0. The fourth-order valence-electron chi connectivity index (χ4n) is 5.25.